The number of benzene rings is 1. The average Bonchev–Trinajstić information content (AvgIpc) is 2.60. The van der Waals surface area contributed by atoms with Gasteiger partial charge in [0, 0.05) is 30.7 Å². The van der Waals surface area contributed by atoms with E-state index < -0.39 is 0 Å². The molecule has 1 unspecified atom stereocenters. The number of aromatic nitrogens is 1. The van der Waals surface area contributed by atoms with Crippen LogP contribution in [0.3, 0.4) is 0 Å². The van der Waals surface area contributed by atoms with E-state index in [0.29, 0.717) is 18.2 Å². The lowest BCUT2D eigenvalue weighted by atomic mass is 9.99. The molecule has 1 atom stereocenters. The van der Waals surface area contributed by atoms with E-state index in [1.54, 1.807) is 6.20 Å². The maximum absolute atomic E-state index is 12.6. The van der Waals surface area contributed by atoms with Gasteiger partial charge in [-0.15, -0.1) is 0 Å². The minimum absolute atomic E-state index is 0.289. The number of aryl methyl sites for hydroxylation is 2. The quantitative estimate of drug-likeness (QED) is 0.785. The Kier molecular flexibility index (Phi) is 5.47. The maximum atomic E-state index is 12.6. The van der Waals surface area contributed by atoms with Crippen LogP contribution in [0, 0.1) is 13.8 Å². The van der Waals surface area contributed by atoms with Crippen molar-refractivity contribution < 1.29 is 9.53 Å². The summed E-state index contributed by atoms with van der Waals surface area (Å²) in [5, 5.41) is 1.05. The van der Waals surface area contributed by atoms with Crippen LogP contribution in [0.2, 0.25) is 0 Å². The van der Waals surface area contributed by atoms with Crippen molar-refractivity contribution in [3.8, 4) is 0 Å². The van der Waals surface area contributed by atoms with Gasteiger partial charge in [-0.2, -0.15) is 0 Å². The molecule has 1 aromatic carbocycles. The van der Waals surface area contributed by atoms with Gasteiger partial charge in [0.15, 0.2) is 0 Å². The summed E-state index contributed by atoms with van der Waals surface area (Å²) in [7, 11) is 4.25. The van der Waals surface area contributed by atoms with Crippen molar-refractivity contribution in [2.24, 2.45) is 0 Å². The van der Waals surface area contributed by atoms with E-state index in [9.17, 15) is 4.79 Å². The third-order valence-electron chi connectivity index (χ3n) is 5.22. The third-order valence-corrected chi connectivity index (χ3v) is 5.22. The summed E-state index contributed by atoms with van der Waals surface area (Å²) in [6.45, 7) is 8.22. The van der Waals surface area contributed by atoms with Crippen LogP contribution < -0.4 is 4.90 Å². The van der Waals surface area contributed by atoms with Crippen molar-refractivity contribution in [2.45, 2.75) is 39.7 Å². The Bertz CT molecular complexity index is 816. The number of esters is 1. The van der Waals surface area contributed by atoms with E-state index in [1.165, 1.54) is 12.0 Å². The van der Waals surface area contributed by atoms with Gasteiger partial charge < -0.3 is 14.5 Å². The lowest BCUT2D eigenvalue weighted by Gasteiger charge is -2.38. The van der Waals surface area contributed by atoms with Crippen molar-refractivity contribution in [1.82, 2.24) is 9.88 Å². The van der Waals surface area contributed by atoms with E-state index >= 15 is 0 Å². The van der Waals surface area contributed by atoms with Crippen LogP contribution in [0.1, 0.15) is 41.3 Å². The number of fused-ring (bicyclic) bond motifs is 1. The Balaban J connectivity index is 2.18. The molecule has 2 aromatic rings. The minimum atomic E-state index is -0.289. The molecular weight excluding hydrogens is 326 g/mol. The molecular formula is C21H29N3O2. The maximum Gasteiger partial charge on any atom is 0.341 e. The summed E-state index contributed by atoms with van der Waals surface area (Å²) in [5.74, 6) is -0.289. The molecule has 0 spiro atoms. The molecule has 3 rings (SSSR count). The molecule has 1 aromatic heterocycles. The van der Waals surface area contributed by atoms with Crippen molar-refractivity contribution in [3.05, 3.63) is 35.0 Å². The molecule has 5 heteroatoms. The van der Waals surface area contributed by atoms with Gasteiger partial charge in [0.05, 0.1) is 17.8 Å². The summed E-state index contributed by atoms with van der Waals surface area (Å²) in [5.41, 5.74) is 4.83. The monoisotopic (exact) mass is 355 g/mol. The highest BCUT2D eigenvalue weighted by atomic mass is 16.5. The number of rotatable bonds is 4. The molecule has 140 valence electrons. The zero-order valence-electron chi connectivity index (χ0n) is 16.5. The van der Waals surface area contributed by atoms with Gasteiger partial charge in [0.2, 0.25) is 0 Å². The highest BCUT2D eigenvalue weighted by Crippen LogP contribution is 2.34. The van der Waals surface area contributed by atoms with Crippen molar-refractivity contribution in [1.29, 1.82) is 0 Å². The van der Waals surface area contributed by atoms with Crippen molar-refractivity contribution >= 4 is 22.6 Å². The predicted molar refractivity (Wildman–Crippen MR) is 106 cm³/mol. The summed E-state index contributed by atoms with van der Waals surface area (Å²) in [6, 6.07) is 4.77. The van der Waals surface area contributed by atoms with Crippen LogP contribution in [0.25, 0.3) is 10.9 Å². The highest BCUT2D eigenvalue weighted by Gasteiger charge is 2.27. The zero-order valence-corrected chi connectivity index (χ0v) is 16.5. The van der Waals surface area contributed by atoms with Crippen LogP contribution in [-0.4, -0.2) is 55.7 Å². The Hall–Kier alpha value is -2.14. The number of anilines is 1. The molecule has 1 aliphatic rings. The predicted octanol–water partition coefficient (Wildman–Crippen LogP) is 3.56. The number of nitrogens with zero attached hydrogens (tertiary/aromatic N) is 3. The molecule has 0 saturated carbocycles. The van der Waals surface area contributed by atoms with E-state index in [1.807, 2.05) is 6.92 Å². The van der Waals surface area contributed by atoms with E-state index in [2.05, 4.69) is 54.9 Å². The number of ether oxygens (including phenoxy) is 1. The first-order chi connectivity index (χ1) is 12.4. The smallest absolute Gasteiger partial charge is 0.341 e. The summed E-state index contributed by atoms with van der Waals surface area (Å²) in [6.07, 6.45) is 3.98. The molecule has 1 saturated heterocycles. The van der Waals surface area contributed by atoms with Crippen molar-refractivity contribution in [3.63, 3.8) is 0 Å². The second-order valence-electron chi connectivity index (χ2n) is 7.42. The Morgan fingerprint density at radius 1 is 1.35 bits per heavy atom. The molecule has 2 heterocycles. The topological polar surface area (TPSA) is 45.7 Å². The first-order valence-corrected chi connectivity index (χ1v) is 9.40. The molecule has 26 heavy (non-hydrogen) atoms. The number of likely N-dealkylation sites (N-methyl/N-ethyl adjacent to an activating group) is 1. The lowest BCUT2D eigenvalue weighted by molar-refractivity contribution is 0.0526. The van der Waals surface area contributed by atoms with Crippen LogP contribution in [0.5, 0.6) is 0 Å². The first-order valence-electron chi connectivity index (χ1n) is 9.40. The number of hydrogen-bond donors (Lipinski definition) is 0. The minimum Gasteiger partial charge on any atom is -0.462 e. The van der Waals surface area contributed by atoms with Gasteiger partial charge in [-0.05, 0) is 59.3 Å². The molecule has 1 fully saturated rings. The van der Waals surface area contributed by atoms with E-state index in [0.717, 1.165) is 41.7 Å². The molecule has 0 aliphatic carbocycles. The van der Waals surface area contributed by atoms with Crippen LogP contribution >= 0.6 is 0 Å². The molecule has 0 bridgehead atoms. The Labute approximate surface area is 156 Å². The number of hydrogen-bond acceptors (Lipinski definition) is 5. The van der Waals surface area contributed by atoms with E-state index in [-0.39, 0.29) is 5.97 Å². The molecule has 0 amide bonds. The number of carbonyl (C=O) groups is 1. The third kappa shape index (κ3) is 3.54. The summed E-state index contributed by atoms with van der Waals surface area (Å²) in [4.78, 5) is 21.9. The number of carbonyl (C=O) groups excluding carboxylic acids is 1. The first kappa shape index (κ1) is 18.6. The fourth-order valence-electron chi connectivity index (χ4n) is 3.93. The highest BCUT2D eigenvalue weighted by molar-refractivity contribution is 6.06. The summed E-state index contributed by atoms with van der Waals surface area (Å²) >= 11 is 0. The zero-order chi connectivity index (χ0) is 18.8. The fraction of sp³-hybridized carbons (Fsp3) is 0.524. The second-order valence-corrected chi connectivity index (χ2v) is 7.42. The molecule has 0 N–H and O–H groups in total. The molecule has 1 aliphatic heterocycles. The standard InChI is InChI=1S/C21H29N3O2/c1-6-26-21(25)18-12-22-19-15(3)10-14(2)11-17(19)20(18)24-9-7-8-16(13-24)23(4)5/h10-12,16H,6-9,13H2,1-5H3. The van der Waals surface area contributed by atoms with Gasteiger partial charge in [0.25, 0.3) is 0 Å². The Morgan fingerprint density at radius 2 is 2.12 bits per heavy atom. The van der Waals surface area contributed by atoms with Gasteiger partial charge in [-0.1, -0.05) is 11.6 Å². The van der Waals surface area contributed by atoms with Gasteiger partial charge in [0.1, 0.15) is 5.56 Å². The number of piperidine rings is 1. The van der Waals surface area contributed by atoms with Gasteiger partial charge in [-0.25, -0.2) is 4.79 Å². The Morgan fingerprint density at radius 3 is 2.81 bits per heavy atom. The second kappa shape index (κ2) is 7.62. The lowest BCUT2D eigenvalue weighted by Crippen LogP contribution is -2.45. The average molecular weight is 355 g/mol. The molecule has 5 nitrogen and oxygen atoms in total. The SMILES string of the molecule is CCOC(=O)c1cnc2c(C)cc(C)cc2c1N1CCCC(N(C)C)C1. The summed E-state index contributed by atoms with van der Waals surface area (Å²) < 4.78 is 5.33. The van der Waals surface area contributed by atoms with Crippen molar-refractivity contribution in [2.75, 3.05) is 38.7 Å². The van der Waals surface area contributed by atoms with Crippen LogP contribution in [-0.2, 0) is 4.74 Å². The van der Waals surface area contributed by atoms with E-state index in [4.69, 9.17) is 4.74 Å². The molecule has 0 radical (unpaired) electrons. The number of pyridine rings is 1. The fourth-order valence-corrected chi connectivity index (χ4v) is 3.93. The van der Waals surface area contributed by atoms with Gasteiger partial charge >= 0.3 is 5.97 Å². The van der Waals surface area contributed by atoms with Gasteiger partial charge in [-0.3, -0.25) is 4.98 Å². The van der Waals surface area contributed by atoms with Crippen LogP contribution in [0.15, 0.2) is 18.3 Å². The normalized spacial score (nSPS) is 17.8. The van der Waals surface area contributed by atoms with Crippen LogP contribution in [0.4, 0.5) is 5.69 Å². The largest absolute Gasteiger partial charge is 0.462 e.